The third-order valence-electron chi connectivity index (χ3n) is 2.80. The highest BCUT2D eigenvalue weighted by atomic mass is 79.9. The Bertz CT molecular complexity index is 460. The summed E-state index contributed by atoms with van der Waals surface area (Å²) in [5, 5.41) is 11.6. The first-order valence-corrected chi connectivity index (χ1v) is 6.52. The lowest BCUT2D eigenvalue weighted by Gasteiger charge is -2.12. The molecule has 0 aliphatic rings. The molecule has 0 saturated heterocycles. The number of aliphatic carboxylic acids is 1. The molecule has 1 unspecified atom stereocenters. The maximum atomic E-state index is 11.9. The minimum absolute atomic E-state index is 0.149. The Kier molecular flexibility index (Phi) is 5.34. The Hall–Kier alpha value is -1.36. The van der Waals surface area contributed by atoms with Crippen molar-refractivity contribution >= 4 is 27.8 Å². The van der Waals surface area contributed by atoms with Crippen molar-refractivity contribution < 1.29 is 14.7 Å². The smallest absolute Gasteiger partial charge is 0.308 e. The van der Waals surface area contributed by atoms with Crippen molar-refractivity contribution in [2.45, 2.75) is 20.3 Å². The van der Waals surface area contributed by atoms with Crippen molar-refractivity contribution in [3.63, 3.8) is 0 Å². The number of benzene rings is 1. The fourth-order valence-electron chi connectivity index (χ4n) is 1.56. The Morgan fingerprint density at radius 3 is 2.67 bits per heavy atom. The zero-order chi connectivity index (χ0) is 13.7. The second kappa shape index (κ2) is 6.54. The molecule has 1 aromatic carbocycles. The summed E-state index contributed by atoms with van der Waals surface area (Å²) in [4.78, 5) is 22.8. The minimum atomic E-state index is -0.885. The van der Waals surface area contributed by atoms with Gasteiger partial charge in [-0.05, 0) is 31.0 Å². The van der Waals surface area contributed by atoms with Gasteiger partial charge in [0, 0.05) is 16.6 Å². The van der Waals surface area contributed by atoms with Gasteiger partial charge in [-0.25, -0.2) is 0 Å². The van der Waals surface area contributed by atoms with Crippen LogP contribution in [0.3, 0.4) is 0 Å². The predicted octanol–water partition coefficient (Wildman–Crippen LogP) is 2.60. The van der Waals surface area contributed by atoms with E-state index in [0.717, 1.165) is 10.0 Å². The molecule has 5 heteroatoms. The summed E-state index contributed by atoms with van der Waals surface area (Å²) in [5.74, 6) is -1.67. The van der Waals surface area contributed by atoms with Gasteiger partial charge in [-0.3, -0.25) is 9.59 Å². The molecule has 0 aromatic heterocycles. The SMILES string of the molecule is CCC(CNC(=O)c1cc(Br)ccc1C)C(=O)O. The van der Waals surface area contributed by atoms with Crippen molar-refractivity contribution in [2.75, 3.05) is 6.54 Å². The quantitative estimate of drug-likeness (QED) is 0.878. The lowest BCUT2D eigenvalue weighted by molar-refractivity contribution is -0.141. The Balaban J connectivity index is 2.71. The van der Waals surface area contributed by atoms with E-state index < -0.39 is 11.9 Å². The van der Waals surface area contributed by atoms with Crippen LogP contribution in [0.15, 0.2) is 22.7 Å². The van der Waals surface area contributed by atoms with E-state index in [4.69, 9.17) is 5.11 Å². The lowest BCUT2D eigenvalue weighted by atomic mass is 10.1. The molecular formula is C13H16BrNO3. The van der Waals surface area contributed by atoms with Crippen LogP contribution in [0.25, 0.3) is 0 Å². The number of carbonyl (C=O) groups excluding carboxylic acids is 1. The number of nitrogens with one attached hydrogen (secondary N) is 1. The van der Waals surface area contributed by atoms with Crippen molar-refractivity contribution in [3.05, 3.63) is 33.8 Å². The van der Waals surface area contributed by atoms with Crippen LogP contribution < -0.4 is 5.32 Å². The summed E-state index contributed by atoms with van der Waals surface area (Å²) in [7, 11) is 0. The van der Waals surface area contributed by atoms with E-state index in [-0.39, 0.29) is 12.5 Å². The molecule has 0 aliphatic heterocycles. The first-order valence-electron chi connectivity index (χ1n) is 5.72. The maximum absolute atomic E-state index is 11.9. The van der Waals surface area contributed by atoms with Crippen LogP contribution in [0.1, 0.15) is 29.3 Å². The molecule has 0 heterocycles. The monoisotopic (exact) mass is 313 g/mol. The van der Waals surface area contributed by atoms with Gasteiger partial charge in [0.25, 0.3) is 5.91 Å². The Morgan fingerprint density at radius 1 is 1.44 bits per heavy atom. The van der Waals surface area contributed by atoms with Gasteiger partial charge in [0.1, 0.15) is 0 Å². The molecule has 1 amide bonds. The van der Waals surface area contributed by atoms with Crippen molar-refractivity contribution in [1.82, 2.24) is 5.32 Å². The second-order valence-corrected chi connectivity index (χ2v) is 5.03. The molecular weight excluding hydrogens is 298 g/mol. The number of aryl methyl sites for hydroxylation is 1. The molecule has 1 atom stereocenters. The van der Waals surface area contributed by atoms with Gasteiger partial charge in [0.15, 0.2) is 0 Å². The molecule has 0 saturated carbocycles. The first-order chi connectivity index (χ1) is 8.45. The van der Waals surface area contributed by atoms with Crippen molar-refractivity contribution in [3.8, 4) is 0 Å². The molecule has 0 bridgehead atoms. The summed E-state index contributed by atoms with van der Waals surface area (Å²) >= 11 is 3.31. The third kappa shape index (κ3) is 3.84. The third-order valence-corrected chi connectivity index (χ3v) is 3.29. The van der Waals surface area contributed by atoms with E-state index in [1.807, 2.05) is 19.1 Å². The summed E-state index contributed by atoms with van der Waals surface area (Å²) < 4.78 is 0.823. The number of carbonyl (C=O) groups is 2. The molecule has 0 radical (unpaired) electrons. The van der Waals surface area contributed by atoms with E-state index in [1.165, 1.54) is 0 Å². The van der Waals surface area contributed by atoms with E-state index in [0.29, 0.717) is 12.0 Å². The summed E-state index contributed by atoms with van der Waals surface area (Å²) in [6.45, 7) is 3.78. The average molecular weight is 314 g/mol. The average Bonchev–Trinajstić information content (AvgIpc) is 2.32. The number of halogens is 1. The Labute approximate surface area is 115 Å². The summed E-state index contributed by atoms with van der Waals surface area (Å²) in [6.07, 6.45) is 0.493. The topological polar surface area (TPSA) is 66.4 Å². The summed E-state index contributed by atoms with van der Waals surface area (Å²) in [5.41, 5.74) is 1.42. The normalized spacial score (nSPS) is 11.9. The Morgan fingerprint density at radius 2 is 2.11 bits per heavy atom. The van der Waals surface area contributed by atoms with Crippen LogP contribution in [0.4, 0.5) is 0 Å². The van der Waals surface area contributed by atoms with Crippen LogP contribution >= 0.6 is 15.9 Å². The zero-order valence-electron chi connectivity index (χ0n) is 10.4. The van der Waals surface area contributed by atoms with E-state index in [2.05, 4.69) is 21.2 Å². The number of rotatable bonds is 5. The second-order valence-electron chi connectivity index (χ2n) is 4.11. The highest BCUT2D eigenvalue weighted by Crippen LogP contribution is 2.16. The van der Waals surface area contributed by atoms with Crippen LogP contribution in [-0.2, 0) is 4.79 Å². The number of hydrogen-bond acceptors (Lipinski definition) is 2. The highest BCUT2D eigenvalue weighted by molar-refractivity contribution is 9.10. The highest BCUT2D eigenvalue weighted by Gasteiger charge is 2.17. The molecule has 4 nitrogen and oxygen atoms in total. The van der Waals surface area contributed by atoms with Gasteiger partial charge in [0.2, 0.25) is 0 Å². The lowest BCUT2D eigenvalue weighted by Crippen LogP contribution is -2.33. The largest absolute Gasteiger partial charge is 0.481 e. The van der Waals surface area contributed by atoms with Crippen LogP contribution in [-0.4, -0.2) is 23.5 Å². The van der Waals surface area contributed by atoms with E-state index >= 15 is 0 Å². The molecule has 2 N–H and O–H groups in total. The molecule has 0 spiro atoms. The van der Waals surface area contributed by atoms with Crippen LogP contribution in [0, 0.1) is 12.8 Å². The van der Waals surface area contributed by atoms with E-state index in [1.54, 1.807) is 13.0 Å². The minimum Gasteiger partial charge on any atom is -0.481 e. The number of amides is 1. The predicted molar refractivity (Wildman–Crippen MR) is 72.6 cm³/mol. The summed E-state index contributed by atoms with van der Waals surface area (Å²) in [6, 6.07) is 5.43. The molecule has 98 valence electrons. The maximum Gasteiger partial charge on any atom is 0.308 e. The van der Waals surface area contributed by atoms with E-state index in [9.17, 15) is 9.59 Å². The van der Waals surface area contributed by atoms with Crippen LogP contribution in [0.2, 0.25) is 0 Å². The fourth-order valence-corrected chi connectivity index (χ4v) is 1.92. The van der Waals surface area contributed by atoms with Gasteiger partial charge in [0.05, 0.1) is 5.92 Å². The van der Waals surface area contributed by atoms with Gasteiger partial charge >= 0.3 is 5.97 Å². The van der Waals surface area contributed by atoms with Crippen LogP contribution in [0.5, 0.6) is 0 Å². The van der Waals surface area contributed by atoms with Gasteiger partial charge in [-0.2, -0.15) is 0 Å². The number of carboxylic acids is 1. The molecule has 0 aliphatic carbocycles. The van der Waals surface area contributed by atoms with Gasteiger partial charge < -0.3 is 10.4 Å². The fraction of sp³-hybridized carbons (Fsp3) is 0.385. The number of hydrogen-bond donors (Lipinski definition) is 2. The van der Waals surface area contributed by atoms with Gasteiger partial charge in [-0.1, -0.05) is 28.9 Å². The van der Waals surface area contributed by atoms with Crippen molar-refractivity contribution in [2.24, 2.45) is 5.92 Å². The van der Waals surface area contributed by atoms with Gasteiger partial charge in [-0.15, -0.1) is 0 Å². The van der Waals surface area contributed by atoms with Crippen molar-refractivity contribution in [1.29, 1.82) is 0 Å². The molecule has 1 rings (SSSR count). The molecule has 0 fully saturated rings. The standard InChI is InChI=1S/C13H16BrNO3/c1-3-9(13(17)18)7-15-12(16)11-6-10(14)5-4-8(11)2/h4-6,9H,3,7H2,1-2H3,(H,15,16)(H,17,18). The molecule has 1 aromatic rings. The zero-order valence-corrected chi connectivity index (χ0v) is 12.0. The number of carboxylic acid groups (broad SMARTS) is 1. The first kappa shape index (κ1) is 14.7. The molecule has 18 heavy (non-hydrogen) atoms.